The Labute approximate surface area is 323 Å². The van der Waals surface area contributed by atoms with E-state index in [9.17, 15) is 27.4 Å². The van der Waals surface area contributed by atoms with Crippen LogP contribution in [0.15, 0.2) is 163 Å². The Hall–Kier alpha value is -7.01. The normalized spacial score (nSPS) is 11.1. The second-order valence-corrected chi connectivity index (χ2v) is 14.5. The van der Waals surface area contributed by atoms with Crippen molar-refractivity contribution in [3.8, 4) is 34.1 Å². The molecule has 276 valence electrons. The summed E-state index contributed by atoms with van der Waals surface area (Å²) in [7, 11) is -4.55. The standard InChI is InChI=1S/C46H33NO8S/c1-29-6-9-32(10-7-29)44(48)34-15-19-37(20-16-34)54-39-4-3-5-40(26-39)55-38-21-17-35(18-22-38)45(49)33-13-11-31(12-14-33)42-23-8-30(2)24-43(42)46(50)36-25-41(28-47-27-36)56(51,52)53/h3-28H,1-2H3,(H,51,52,53). The van der Waals surface area contributed by atoms with Crippen LogP contribution >= 0.6 is 0 Å². The zero-order valence-corrected chi connectivity index (χ0v) is 31.0. The zero-order valence-electron chi connectivity index (χ0n) is 30.2. The lowest BCUT2D eigenvalue weighted by molar-refractivity contribution is 0.103. The number of rotatable bonds is 12. The van der Waals surface area contributed by atoms with Gasteiger partial charge in [-0.25, -0.2) is 0 Å². The molecule has 0 atom stereocenters. The molecule has 0 aliphatic heterocycles. The molecular formula is C46H33NO8S. The first-order valence-electron chi connectivity index (χ1n) is 17.4. The molecule has 1 heterocycles. The van der Waals surface area contributed by atoms with E-state index in [-0.39, 0.29) is 17.1 Å². The van der Waals surface area contributed by atoms with Gasteiger partial charge in [-0.1, -0.05) is 77.9 Å². The Morgan fingerprint density at radius 2 is 0.982 bits per heavy atom. The Balaban J connectivity index is 1.00. The average molecular weight is 760 g/mol. The van der Waals surface area contributed by atoms with Gasteiger partial charge in [0.1, 0.15) is 27.9 Å². The molecule has 1 N–H and O–H groups in total. The van der Waals surface area contributed by atoms with E-state index in [1.807, 2.05) is 44.2 Å². The molecule has 0 aliphatic carbocycles. The van der Waals surface area contributed by atoms with E-state index >= 15 is 0 Å². The van der Waals surface area contributed by atoms with Crippen LogP contribution in [0.5, 0.6) is 23.0 Å². The lowest BCUT2D eigenvalue weighted by Crippen LogP contribution is -2.07. The number of ketones is 3. The van der Waals surface area contributed by atoms with Gasteiger partial charge in [-0.05, 0) is 97.8 Å². The summed E-state index contributed by atoms with van der Waals surface area (Å²) < 4.78 is 44.8. The maximum atomic E-state index is 13.5. The maximum absolute atomic E-state index is 13.5. The summed E-state index contributed by atoms with van der Waals surface area (Å²) in [6, 6.07) is 41.6. The number of aryl methyl sites for hydroxylation is 2. The van der Waals surface area contributed by atoms with E-state index in [0.29, 0.717) is 61.9 Å². The van der Waals surface area contributed by atoms with Gasteiger partial charge in [0.25, 0.3) is 10.1 Å². The molecule has 7 aromatic rings. The second-order valence-electron chi connectivity index (χ2n) is 13.1. The van der Waals surface area contributed by atoms with Crippen LogP contribution in [0.4, 0.5) is 0 Å². The first kappa shape index (κ1) is 37.3. The molecule has 0 bridgehead atoms. The van der Waals surface area contributed by atoms with Crippen molar-refractivity contribution in [2.24, 2.45) is 0 Å². The summed E-state index contributed by atoms with van der Waals surface area (Å²) in [5, 5.41) is 0. The minimum Gasteiger partial charge on any atom is -0.457 e. The first-order valence-corrected chi connectivity index (χ1v) is 18.9. The van der Waals surface area contributed by atoms with Crippen LogP contribution in [0, 0.1) is 13.8 Å². The van der Waals surface area contributed by atoms with Crippen molar-refractivity contribution in [2.45, 2.75) is 18.7 Å². The lowest BCUT2D eigenvalue weighted by atomic mass is 9.92. The highest BCUT2D eigenvalue weighted by molar-refractivity contribution is 7.85. The van der Waals surface area contributed by atoms with E-state index in [1.165, 1.54) is 6.20 Å². The van der Waals surface area contributed by atoms with Crippen molar-refractivity contribution in [3.63, 3.8) is 0 Å². The summed E-state index contributed by atoms with van der Waals surface area (Å²) in [5.74, 6) is 1.40. The van der Waals surface area contributed by atoms with Crippen molar-refractivity contribution >= 4 is 27.5 Å². The van der Waals surface area contributed by atoms with E-state index < -0.39 is 20.8 Å². The summed E-state index contributed by atoms with van der Waals surface area (Å²) in [6.07, 6.45) is 2.21. The van der Waals surface area contributed by atoms with E-state index in [0.717, 1.165) is 23.4 Å². The second kappa shape index (κ2) is 15.8. The maximum Gasteiger partial charge on any atom is 0.296 e. The third-order valence-electron chi connectivity index (χ3n) is 8.97. The number of carbonyl (C=O) groups is 3. The van der Waals surface area contributed by atoms with Gasteiger partial charge >= 0.3 is 0 Å². The number of hydrogen-bond donors (Lipinski definition) is 1. The Bertz CT molecular complexity index is 2710. The molecule has 0 saturated heterocycles. The van der Waals surface area contributed by atoms with Crippen LogP contribution in [-0.2, 0) is 10.1 Å². The molecular weight excluding hydrogens is 727 g/mol. The molecule has 0 fully saturated rings. The summed E-state index contributed by atoms with van der Waals surface area (Å²) in [4.78, 5) is 43.2. The number of ether oxygens (including phenoxy) is 2. The summed E-state index contributed by atoms with van der Waals surface area (Å²) >= 11 is 0. The molecule has 0 spiro atoms. The molecule has 0 unspecified atom stereocenters. The number of hydrogen-bond acceptors (Lipinski definition) is 8. The highest BCUT2D eigenvalue weighted by Gasteiger charge is 2.20. The Morgan fingerprint density at radius 3 is 1.50 bits per heavy atom. The van der Waals surface area contributed by atoms with Gasteiger partial charge in [-0.15, -0.1) is 0 Å². The van der Waals surface area contributed by atoms with Gasteiger partial charge in [-0.3, -0.25) is 23.9 Å². The number of benzene rings is 6. The molecule has 0 aliphatic rings. The van der Waals surface area contributed by atoms with Crippen LogP contribution in [0.25, 0.3) is 11.1 Å². The highest BCUT2D eigenvalue weighted by atomic mass is 32.2. The van der Waals surface area contributed by atoms with E-state index in [1.54, 1.807) is 109 Å². The Kier molecular flexibility index (Phi) is 10.5. The molecule has 10 heteroatoms. The molecule has 1 aromatic heterocycles. The van der Waals surface area contributed by atoms with Crippen LogP contribution < -0.4 is 9.47 Å². The van der Waals surface area contributed by atoms with Crippen molar-refractivity contribution in [2.75, 3.05) is 0 Å². The minimum absolute atomic E-state index is 0.00230. The average Bonchev–Trinajstić information content (AvgIpc) is 3.21. The van der Waals surface area contributed by atoms with Crippen molar-refractivity contribution in [3.05, 3.63) is 202 Å². The fourth-order valence-corrected chi connectivity index (χ4v) is 6.47. The first-order chi connectivity index (χ1) is 26.9. The fraction of sp³-hybridized carbons (Fsp3) is 0.0435. The molecule has 0 amide bonds. The van der Waals surface area contributed by atoms with Gasteiger partial charge in [-0.2, -0.15) is 8.42 Å². The van der Waals surface area contributed by atoms with Crippen LogP contribution in [0.1, 0.15) is 58.9 Å². The third-order valence-corrected chi connectivity index (χ3v) is 9.79. The molecule has 9 nitrogen and oxygen atoms in total. The van der Waals surface area contributed by atoms with Gasteiger partial charge in [0, 0.05) is 51.8 Å². The monoisotopic (exact) mass is 759 g/mol. The third kappa shape index (κ3) is 8.52. The predicted octanol–water partition coefficient (Wildman–Crippen LogP) is 9.89. The quantitative estimate of drug-likeness (QED) is 0.0953. The summed E-state index contributed by atoms with van der Waals surface area (Å²) in [5.41, 5.74) is 5.53. The minimum atomic E-state index is -4.55. The zero-order chi connectivity index (χ0) is 39.4. The fourth-order valence-electron chi connectivity index (χ4n) is 6.00. The van der Waals surface area contributed by atoms with Gasteiger partial charge < -0.3 is 9.47 Å². The number of nitrogens with zero attached hydrogens (tertiary/aromatic N) is 1. The Morgan fingerprint density at radius 1 is 0.500 bits per heavy atom. The molecule has 0 radical (unpaired) electrons. The predicted molar refractivity (Wildman–Crippen MR) is 212 cm³/mol. The number of carbonyl (C=O) groups excluding carboxylic acids is 3. The van der Waals surface area contributed by atoms with E-state index in [2.05, 4.69) is 4.98 Å². The van der Waals surface area contributed by atoms with E-state index in [4.69, 9.17) is 9.47 Å². The van der Waals surface area contributed by atoms with Crippen molar-refractivity contribution < 1.29 is 36.8 Å². The molecule has 7 rings (SSSR count). The molecule has 56 heavy (non-hydrogen) atoms. The lowest BCUT2D eigenvalue weighted by Gasteiger charge is -2.12. The van der Waals surface area contributed by atoms with Crippen LogP contribution in [0.2, 0.25) is 0 Å². The van der Waals surface area contributed by atoms with Gasteiger partial charge in [0.15, 0.2) is 17.3 Å². The smallest absolute Gasteiger partial charge is 0.296 e. The van der Waals surface area contributed by atoms with Crippen molar-refractivity contribution in [1.82, 2.24) is 4.98 Å². The number of pyridine rings is 1. The van der Waals surface area contributed by atoms with Crippen molar-refractivity contribution in [1.29, 1.82) is 0 Å². The SMILES string of the molecule is Cc1ccc(C(=O)c2ccc(Oc3cccc(Oc4ccc(C(=O)c5ccc(-c6ccc(C)cc6C(=O)c6cncc(S(=O)(=O)O)c6)cc5)cc4)c3)cc2)cc1. The molecule has 6 aromatic carbocycles. The summed E-state index contributed by atoms with van der Waals surface area (Å²) in [6.45, 7) is 3.81. The van der Waals surface area contributed by atoms with Gasteiger partial charge in [0.05, 0.1) is 0 Å². The molecule has 0 saturated carbocycles. The van der Waals surface area contributed by atoms with Gasteiger partial charge in [0.2, 0.25) is 0 Å². The highest BCUT2D eigenvalue weighted by Crippen LogP contribution is 2.31. The largest absolute Gasteiger partial charge is 0.457 e. The van der Waals surface area contributed by atoms with Crippen LogP contribution in [-0.4, -0.2) is 35.3 Å². The van der Waals surface area contributed by atoms with Crippen LogP contribution in [0.3, 0.4) is 0 Å². The number of aromatic nitrogens is 1. The topological polar surface area (TPSA) is 137 Å².